The van der Waals surface area contributed by atoms with E-state index in [4.69, 9.17) is 34.8 Å². The van der Waals surface area contributed by atoms with E-state index in [9.17, 15) is 9.50 Å². The molecule has 44 heavy (non-hydrogen) atoms. The van der Waals surface area contributed by atoms with Gasteiger partial charge in [-0.3, -0.25) is 9.80 Å². The van der Waals surface area contributed by atoms with Gasteiger partial charge < -0.3 is 9.67 Å². The first-order chi connectivity index (χ1) is 21.1. The molecule has 0 aliphatic carbocycles. The van der Waals surface area contributed by atoms with E-state index in [2.05, 4.69) is 36.7 Å². The highest BCUT2D eigenvalue weighted by Crippen LogP contribution is 2.34. The molecule has 2 atom stereocenters. The summed E-state index contributed by atoms with van der Waals surface area (Å²) < 4.78 is 32.4. The van der Waals surface area contributed by atoms with Gasteiger partial charge in [0.05, 0.1) is 17.1 Å². The summed E-state index contributed by atoms with van der Waals surface area (Å²) >= 11 is 19.3. The van der Waals surface area contributed by atoms with Crippen molar-refractivity contribution >= 4 is 45.7 Å². The number of aliphatic hydroxyl groups is 1. The molecule has 1 aliphatic heterocycles. The molecule has 1 fully saturated rings. The molecule has 0 saturated carbocycles. The quantitative estimate of drug-likeness (QED) is 0.193. The summed E-state index contributed by atoms with van der Waals surface area (Å²) in [5.74, 6) is -1.50. The second kappa shape index (κ2) is 12.7. The zero-order chi connectivity index (χ0) is 31.0. The van der Waals surface area contributed by atoms with Crippen LogP contribution in [0, 0.1) is 11.6 Å². The van der Waals surface area contributed by atoms with Gasteiger partial charge in [-0.15, -0.1) is 0 Å². The van der Waals surface area contributed by atoms with Gasteiger partial charge in [0, 0.05) is 78.6 Å². The Hall–Kier alpha value is -3.05. The Bertz CT molecular complexity index is 1770. The Morgan fingerprint density at radius 1 is 0.932 bits per heavy atom. The Morgan fingerprint density at radius 2 is 1.73 bits per heavy atom. The van der Waals surface area contributed by atoms with E-state index >= 15 is 4.39 Å². The molecule has 5 aromatic rings. The SMILES string of the molecule is C[C@@H](N1CCN(Cc2cn(Cc3ccc(Cl)cc3Cl)c3c(Cl)cccc23)CC1)[C@](O)(Cn1cncn1)c1ccc(F)cc1F. The van der Waals surface area contributed by atoms with Gasteiger partial charge in [-0.25, -0.2) is 18.4 Å². The number of hydrogen-bond donors (Lipinski definition) is 1. The van der Waals surface area contributed by atoms with Crippen molar-refractivity contribution in [3.05, 3.63) is 117 Å². The predicted octanol–water partition coefficient (Wildman–Crippen LogP) is 6.61. The minimum absolute atomic E-state index is 0.0230. The molecule has 0 amide bonds. The van der Waals surface area contributed by atoms with Crippen molar-refractivity contribution < 1.29 is 13.9 Å². The number of halogens is 5. The van der Waals surface area contributed by atoms with Crippen LogP contribution in [0.25, 0.3) is 10.9 Å². The van der Waals surface area contributed by atoms with Crippen LogP contribution < -0.4 is 0 Å². The standard InChI is InChI=1S/C32H31Cl3F2N6O/c1-21(32(44,18-43-20-38-19-39-43)27-8-7-25(36)14-30(27)37)41-11-9-40(10-12-41)15-23-17-42(31-26(23)3-2-4-28(31)34)16-22-5-6-24(33)13-29(22)35/h2-8,13-14,17,19-21,44H,9-12,15-16,18H2,1H3/t21-,32-/m1/s1. The van der Waals surface area contributed by atoms with Gasteiger partial charge in [-0.2, -0.15) is 5.10 Å². The molecule has 1 N–H and O–H groups in total. The number of fused-ring (bicyclic) bond motifs is 1. The normalized spacial score (nSPS) is 16.8. The lowest BCUT2D eigenvalue weighted by Crippen LogP contribution is -2.57. The zero-order valence-electron chi connectivity index (χ0n) is 24.0. The van der Waals surface area contributed by atoms with E-state index in [1.165, 1.54) is 29.5 Å². The smallest absolute Gasteiger partial charge is 0.137 e. The number of para-hydroxylation sites is 1. The van der Waals surface area contributed by atoms with Crippen molar-refractivity contribution in [1.29, 1.82) is 0 Å². The predicted molar refractivity (Wildman–Crippen MR) is 169 cm³/mol. The fourth-order valence-corrected chi connectivity index (χ4v) is 6.92. The van der Waals surface area contributed by atoms with Crippen molar-refractivity contribution in [3.63, 3.8) is 0 Å². The first kappa shape index (κ1) is 31.0. The third kappa shape index (κ3) is 6.22. The van der Waals surface area contributed by atoms with Crippen LogP contribution in [0.3, 0.4) is 0 Å². The van der Waals surface area contributed by atoms with E-state index in [0.717, 1.165) is 41.2 Å². The molecular weight excluding hydrogens is 629 g/mol. The monoisotopic (exact) mass is 658 g/mol. The van der Waals surface area contributed by atoms with Crippen LogP contribution in [0.15, 0.2) is 73.4 Å². The Balaban J connectivity index is 1.20. The zero-order valence-corrected chi connectivity index (χ0v) is 26.2. The Labute approximate surface area is 269 Å². The number of piperazine rings is 1. The molecule has 2 aromatic heterocycles. The molecular formula is C32H31Cl3F2N6O. The third-order valence-corrected chi connectivity index (χ3v) is 9.49. The van der Waals surface area contributed by atoms with Gasteiger partial charge in [0.2, 0.25) is 0 Å². The number of rotatable bonds is 9. The molecule has 6 rings (SSSR count). The topological polar surface area (TPSA) is 62.4 Å². The van der Waals surface area contributed by atoms with Crippen LogP contribution in [0.2, 0.25) is 15.1 Å². The summed E-state index contributed by atoms with van der Waals surface area (Å²) in [4.78, 5) is 8.46. The van der Waals surface area contributed by atoms with E-state index in [-0.39, 0.29) is 12.1 Å². The molecule has 1 aliphatic rings. The number of aromatic nitrogens is 4. The molecule has 0 radical (unpaired) electrons. The molecule has 3 heterocycles. The lowest BCUT2D eigenvalue weighted by atomic mass is 9.85. The molecule has 12 heteroatoms. The second-order valence-corrected chi connectivity index (χ2v) is 12.5. The number of benzene rings is 3. The van der Waals surface area contributed by atoms with Crippen molar-refractivity contribution in [1.82, 2.24) is 29.1 Å². The van der Waals surface area contributed by atoms with Crippen molar-refractivity contribution in [3.8, 4) is 0 Å². The summed E-state index contributed by atoms with van der Waals surface area (Å²) in [6, 6.07) is 14.2. The highest BCUT2D eigenvalue weighted by molar-refractivity contribution is 6.35. The number of hydrogen-bond acceptors (Lipinski definition) is 5. The fraction of sp³-hybridized carbons (Fsp3) is 0.312. The van der Waals surface area contributed by atoms with Crippen LogP contribution in [0.4, 0.5) is 8.78 Å². The second-order valence-electron chi connectivity index (χ2n) is 11.3. The van der Waals surface area contributed by atoms with Gasteiger partial charge in [0.15, 0.2) is 0 Å². The minimum Gasteiger partial charge on any atom is -0.381 e. The summed E-state index contributed by atoms with van der Waals surface area (Å²) in [5.41, 5.74) is 1.38. The summed E-state index contributed by atoms with van der Waals surface area (Å²) in [7, 11) is 0. The van der Waals surface area contributed by atoms with E-state index in [1.807, 2.05) is 31.2 Å². The van der Waals surface area contributed by atoms with Gasteiger partial charge in [-0.05, 0) is 42.3 Å². The van der Waals surface area contributed by atoms with Crippen LogP contribution in [0.5, 0.6) is 0 Å². The van der Waals surface area contributed by atoms with Gasteiger partial charge in [0.25, 0.3) is 0 Å². The Kier molecular flexibility index (Phi) is 8.97. The molecule has 7 nitrogen and oxygen atoms in total. The molecule has 230 valence electrons. The summed E-state index contributed by atoms with van der Waals surface area (Å²) in [5, 5.41) is 19.1. The van der Waals surface area contributed by atoms with Gasteiger partial charge >= 0.3 is 0 Å². The highest BCUT2D eigenvalue weighted by atomic mass is 35.5. The maximum atomic E-state index is 15.0. The maximum Gasteiger partial charge on any atom is 0.137 e. The largest absolute Gasteiger partial charge is 0.381 e. The average Bonchev–Trinajstić information content (AvgIpc) is 3.63. The first-order valence-corrected chi connectivity index (χ1v) is 15.4. The van der Waals surface area contributed by atoms with Crippen LogP contribution in [-0.4, -0.2) is 66.5 Å². The lowest BCUT2D eigenvalue weighted by molar-refractivity contribution is -0.0743. The van der Waals surface area contributed by atoms with Gasteiger partial charge in [-0.1, -0.05) is 59.1 Å². The first-order valence-electron chi connectivity index (χ1n) is 14.3. The van der Waals surface area contributed by atoms with E-state index in [0.29, 0.717) is 41.2 Å². The lowest BCUT2D eigenvalue weighted by Gasteiger charge is -2.45. The Morgan fingerprint density at radius 3 is 2.43 bits per heavy atom. The molecule has 3 aromatic carbocycles. The third-order valence-electron chi connectivity index (χ3n) is 8.59. The maximum absolute atomic E-state index is 15.0. The summed E-state index contributed by atoms with van der Waals surface area (Å²) in [6.07, 6.45) is 4.96. The minimum atomic E-state index is -1.68. The van der Waals surface area contributed by atoms with Crippen molar-refractivity contribution in [2.75, 3.05) is 26.2 Å². The van der Waals surface area contributed by atoms with Crippen molar-refractivity contribution in [2.45, 2.75) is 38.2 Å². The molecule has 0 bridgehead atoms. The fourth-order valence-electron chi connectivity index (χ4n) is 6.17. The van der Waals surface area contributed by atoms with Gasteiger partial charge in [0.1, 0.15) is 29.9 Å². The molecule has 0 unspecified atom stereocenters. The van der Waals surface area contributed by atoms with Crippen LogP contribution in [-0.2, 0) is 25.2 Å². The highest BCUT2D eigenvalue weighted by Gasteiger charge is 2.42. The summed E-state index contributed by atoms with van der Waals surface area (Å²) in [6.45, 7) is 5.83. The van der Waals surface area contributed by atoms with Crippen LogP contribution >= 0.6 is 34.8 Å². The molecule has 1 saturated heterocycles. The van der Waals surface area contributed by atoms with Crippen molar-refractivity contribution in [2.24, 2.45) is 0 Å². The van der Waals surface area contributed by atoms with E-state index in [1.54, 1.807) is 6.07 Å². The van der Waals surface area contributed by atoms with Crippen LogP contribution in [0.1, 0.15) is 23.6 Å². The van der Waals surface area contributed by atoms with E-state index < -0.39 is 23.3 Å². The average molecular weight is 660 g/mol. The molecule has 0 spiro atoms. The number of nitrogens with zero attached hydrogens (tertiary/aromatic N) is 6.